The SMILES string of the molecule is CCCCOc1ccc2c(C=O)nn(C3CCCCO3)c2c1. The zero-order chi connectivity index (χ0) is 15.4. The number of carbonyl (C=O) groups excluding carboxylic acids is 1. The molecule has 1 fully saturated rings. The second kappa shape index (κ2) is 6.92. The lowest BCUT2D eigenvalue weighted by atomic mass is 10.1. The molecule has 1 saturated heterocycles. The van der Waals surface area contributed by atoms with Gasteiger partial charge in [-0.3, -0.25) is 4.79 Å². The van der Waals surface area contributed by atoms with Crippen LogP contribution in [-0.4, -0.2) is 29.3 Å². The van der Waals surface area contributed by atoms with Crippen LogP contribution < -0.4 is 4.74 Å². The van der Waals surface area contributed by atoms with E-state index in [0.29, 0.717) is 12.3 Å². The molecule has 0 aliphatic carbocycles. The van der Waals surface area contributed by atoms with Crippen molar-refractivity contribution in [2.75, 3.05) is 13.2 Å². The standard InChI is InChI=1S/C17H22N2O3/c1-2-3-9-21-13-7-8-14-15(12-20)18-19(16(14)11-13)17-6-4-5-10-22-17/h7-8,11-12,17H,2-6,9-10H2,1H3. The summed E-state index contributed by atoms with van der Waals surface area (Å²) >= 11 is 0. The van der Waals surface area contributed by atoms with Gasteiger partial charge in [-0.25, -0.2) is 4.68 Å². The number of aromatic nitrogens is 2. The van der Waals surface area contributed by atoms with Gasteiger partial charge in [0, 0.05) is 18.1 Å². The van der Waals surface area contributed by atoms with Crippen molar-refractivity contribution in [2.45, 2.75) is 45.3 Å². The van der Waals surface area contributed by atoms with Gasteiger partial charge < -0.3 is 9.47 Å². The average Bonchev–Trinajstić information content (AvgIpc) is 2.94. The number of hydrogen-bond acceptors (Lipinski definition) is 4. The summed E-state index contributed by atoms with van der Waals surface area (Å²) in [6.07, 6.45) is 5.98. The maximum Gasteiger partial charge on any atom is 0.170 e. The highest BCUT2D eigenvalue weighted by Gasteiger charge is 2.21. The van der Waals surface area contributed by atoms with E-state index >= 15 is 0 Å². The van der Waals surface area contributed by atoms with Gasteiger partial charge in [0.1, 0.15) is 11.4 Å². The number of fused-ring (bicyclic) bond motifs is 1. The van der Waals surface area contributed by atoms with Crippen LogP contribution in [0.4, 0.5) is 0 Å². The van der Waals surface area contributed by atoms with Crippen molar-refractivity contribution in [1.82, 2.24) is 9.78 Å². The van der Waals surface area contributed by atoms with Crippen molar-refractivity contribution >= 4 is 17.2 Å². The van der Waals surface area contributed by atoms with Gasteiger partial charge in [-0.15, -0.1) is 0 Å². The van der Waals surface area contributed by atoms with Gasteiger partial charge in [-0.1, -0.05) is 13.3 Å². The molecule has 1 aliphatic rings. The summed E-state index contributed by atoms with van der Waals surface area (Å²) < 4.78 is 13.4. The predicted octanol–water partition coefficient (Wildman–Crippen LogP) is 3.73. The molecule has 118 valence electrons. The van der Waals surface area contributed by atoms with Gasteiger partial charge in [-0.05, 0) is 37.8 Å². The molecule has 0 radical (unpaired) electrons. The molecule has 0 amide bonds. The van der Waals surface area contributed by atoms with Crippen LogP contribution in [0.25, 0.3) is 10.9 Å². The largest absolute Gasteiger partial charge is 0.494 e. The summed E-state index contributed by atoms with van der Waals surface area (Å²) in [5, 5.41) is 5.29. The van der Waals surface area contributed by atoms with Crippen LogP contribution in [0.5, 0.6) is 5.75 Å². The molecule has 5 heteroatoms. The Morgan fingerprint density at radius 3 is 3.09 bits per heavy atom. The molecule has 3 rings (SSSR count). The third-order valence-electron chi connectivity index (χ3n) is 4.01. The number of aldehydes is 1. The van der Waals surface area contributed by atoms with Crippen molar-refractivity contribution in [1.29, 1.82) is 0 Å². The fraction of sp³-hybridized carbons (Fsp3) is 0.529. The van der Waals surface area contributed by atoms with Crippen LogP contribution in [0.3, 0.4) is 0 Å². The fourth-order valence-electron chi connectivity index (χ4n) is 2.79. The molecule has 1 unspecified atom stereocenters. The first kappa shape index (κ1) is 15.0. The first-order chi connectivity index (χ1) is 10.8. The Balaban J connectivity index is 1.94. The maximum atomic E-state index is 11.3. The van der Waals surface area contributed by atoms with Gasteiger partial charge in [0.05, 0.1) is 12.1 Å². The Morgan fingerprint density at radius 1 is 1.45 bits per heavy atom. The van der Waals surface area contributed by atoms with E-state index in [4.69, 9.17) is 9.47 Å². The molecule has 1 aromatic heterocycles. The van der Waals surface area contributed by atoms with Crippen molar-refractivity contribution in [3.8, 4) is 5.75 Å². The van der Waals surface area contributed by atoms with E-state index in [1.807, 2.05) is 22.9 Å². The number of unbranched alkanes of at least 4 members (excludes halogenated alkanes) is 1. The first-order valence-corrected chi connectivity index (χ1v) is 8.05. The predicted molar refractivity (Wildman–Crippen MR) is 84.4 cm³/mol. The van der Waals surface area contributed by atoms with Gasteiger partial charge in [0.15, 0.2) is 12.5 Å². The number of hydrogen-bond donors (Lipinski definition) is 0. The Bertz CT molecular complexity index is 645. The molecule has 2 heterocycles. The van der Waals surface area contributed by atoms with E-state index < -0.39 is 0 Å². The fourth-order valence-corrected chi connectivity index (χ4v) is 2.79. The van der Waals surface area contributed by atoms with E-state index in [2.05, 4.69) is 12.0 Å². The summed E-state index contributed by atoms with van der Waals surface area (Å²) in [6.45, 7) is 3.59. The molecule has 2 aromatic rings. The normalized spacial score (nSPS) is 18.5. The number of ether oxygens (including phenoxy) is 2. The second-order valence-corrected chi connectivity index (χ2v) is 5.65. The quantitative estimate of drug-likeness (QED) is 0.602. The monoisotopic (exact) mass is 302 g/mol. The van der Waals surface area contributed by atoms with E-state index in [9.17, 15) is 4.79 Å². The van der Waals surface area contributed by atoms with Crippen LogP contribution in [0.15, 0.2) is 18.2 Å². The van der Waals surface area contributed by atoms with E-state index in [0.717, 1.165) is 61.6 Å². The van der Waals surface area contributed by atoms with Crippen molar-refractivity contribution in [3.63, 3.8) is 0 Å². The third-order valence-corrected chi connectivity index (χ3v) is 4.01. The molecule has 1 aliphatic heterocycles. The maximum absolute atomic E-state index is 11.3. The number of rotatable bonds is 6. The summed E-state index contributed by atoms with van der Waals surface area (Å²) in [5.74, 6) is 0.815. The zero-order valence-corrected chi connectivity index (χ0v) is 13.0. The number of nitrogens with zero attached hydrogens (tertiary/aromatic N) is 2. The molecule has 0 bridgehead atoms. The minimum absolute atomic E-state index is 0.0872. The number of benzene rings is 1. The van der Waals surface area contributed by atoms with Gasteiger partial charge in [0.25, 0.3) is 0 Å². The number of carbonyl (C=O) groups is 1. The summed E-state index contributed by atoms with van der Waals surface area (Å²) in [6, 6.07) is 5.77. The highest BCUT2D eigenvalue weighted by Crippen LogP contribution is 2.30. The van der Waals surface area contributed by atoms with Gasteiger partial charge >= 0.3 is 0 Å². The van der Waals surface area contributed by atoms with E-state index in [1.165, 1.54) is 0 Å². The Morgan fingerprint density at radius 2 is 2.36 bits per heavy atom. The van der Waals surface area contributed by atoms with Crippen LogP contribution >= 0.6 is 0 Å². The average molecular weight is 302 g/mol. The Kier molecular flexibility index (Phi) is 4.73. The van der Waals surface area contributed by atoms with Crippen LogP contribution in [-0.2, 0) is 4.74 Å². The van der Waals surface area contributed by atoms with Crippen molar-refractivity contribution < 1.29 is 14.3 Å². The Labute approximate surface area is 130 Å². The molecule has 0 N–H and O–H groups in total. The molecule has 1 aromatic carbocycles. The van der Waals surface area contributed by atoms with Gasteiger partial charge in [-0.2, -0.15) is 5.10 Å². The minimum atomic E-state index is -0.0872. The topological polar surface area (TPSA) is 53.3 Å². The van der Waals surface area contributed by atoms with E-state index in [-0.39, 0.29) is 6.23 Å². The summed E-state index contributed by atoms with van der Waals surface area (Å²) in [4.78, 5) is 11.3. The van der Waals surface area contributed by atoms with Crippen LogP contribution in [0, 0.1) is 0 Å². The molecule has 0 spiro atoms. The molecule has 1 atom stereocenters. The molecular weight excluding hydrogens is 280 g/mol. The lowest BCUT2D eigenvalue weighted by Gasteiger charge is -2.23. The van der Waals surface area contributed by atoms with E-state index in [1.54, 1.807) is 0 Å². The molecular formula is C17H22N2O3. The van der Waals surface area contributed by atoms with Crippen LogP contribution in [0.2, 0.25) is 0 Å². The zero-order valence-electron chi connectivity index (χ0n) is 13.0. The lowest BCUT2D eigenvalue weighted by Crippen LogP contribution is -2.19. The van der Waals surface area contributed by atoms with Crippen LogP contribution in [0.1, 0.15) is 55.7 Å². The van der Waals surface area contributed by atoms with Crippen molar-refractivity contribution in [3.05, 3.63) is 23.9 Å². The molecule has 22 heavy (non-hydrogen) atoms. The summed E-state index contributed by atoms with van der Waals surface area (Å²) in [5.41, 5.74) is 1.37. The highest BCUT2D eigenvalue weighted by atomic mass is 16.5. The Hall–Kier alpha value is -1.88. The lowest BCUT2D eigenvalue weighted by molar-refractivity contribution is -0.0367. The third kappa shape index (κ3) is 2.99. The molecule has 0 saturated carbocycles. The minimum Gasteiger partial charge on any atom is -0.494 e. The highest BCUT2D eigenvalue weighted by molar-refractivity contribution is 5.95. The second-order valence-electron chi connectivity index (χ2n) is 5.65. The first-order valence-electron chi connectivity index (χ1n) is 8.05. The molecule has 5 nitrogen and oxygen atoms in total. The smallest absolute Gasteiger partial charge is 0.170 e. The summed E-state index contributed by atoms with van der Waals surface area (Å²) in [7, 11) is 0. The van der Waals surface area contributed by atoms with Crippen molar-refractivity contribution in [2.24, 2.45) is 0 Å². The van der Waals surface area contributed by atoms with Gasteiger partial charge in [0.2, 0.25) is 0 Å².